The minimum atomic E-state index is -0.363. The third-order valence-electron chi connectivity index (χ3n) is 3.05. The van der Waals surface area contributed by atoms with E-state index in [0.29, 0.717) is 10.7 Å². The van der Waals surface area contributed by atoms with Crippen molar-refractivity contribution < 1.29 is 14.0 Å². The fourth-order valence-corrected chi connectivity index (χ4v) is 3.17. The number of benzene rings is 1. The number of thiocarbonyl (C=S) groups is 1. The lowest BCUT2D eigenvalue weighted by Gasteiger charge is -2.15. The average Bonchev–Trinajstić information content (AvgIpc) is 3.13. The molecule has 1 N–H and O–H groups in total. The number of amides is 2. The fourth-order valence-electron chi connectivity index (χ4n) is 2.01. The highest BCUT2D eigenvalue weighted by Crippen LogP contribution is 2.31. The summed E-state index contributed by atoms with van der Waals surface area (Å²) in [5.74, 6) is -0.106. The van der Waals surface area contributed by atoms with Crippen molar-refractivity contribution in [2.45, 2.75) is 6.42 Å². The highest BCUT2D eigenvalue weighted by molar-refractivity contribution is 8.26. The molecule has 2 aromatic rings. The lowest BCUT2D eigenvalue weighted by Crippen LogP contribution is -2.45. The molecule has 0 radical (unpaired) electrons. The van der Waals surface area contributed by atoms with Gasteiger partial charge in [0.05, 0.1) is 17.6 Å². The topological polar surface area (TPSA) is 62.6 Å². The van der Waals surface area contributed by atoms with Gasteiger partial charge in [-0.3, -0.25) is 15.0 Å². The van der Waals surface area contributed by atoms with Crippen LogP contribution < -0.4 is 5.43 Å². The summed E-state index contributed by atoms with van der Waals surface area (Å²) in [7, 11) is 0. The van der Waals surface area contributed by atoms with Crippen LogP contribution in [0.25, 0.3) is 6.08 Å². The van der Waals surface area contributed by atoms with E-state index in [9.17, 15) is 9.59 Å². The summed E-state index contributed by atoms with van der Waals surface area (Å²) in [5, 5.41) is 1.10. The number of carbonyl (C=O) groups is 2. The van der Waals surface area contributed by atoms with E-state index < -0.39 is 0 Å². The molecule has 1 aliphatic rings. The number of carbonyl (C=O) groups excluding carboxylic acids is 2. The van der Waals surface area contributed by atoms with Crippen molar-refractivity contribution >= 4 is 46.2 Å². The molecule has 1 aromatic heterocycles. The second-order valence-electron chi connectivity index (χ2n) is 4.73. The largest absolute Gasteiger partial charge is 0.465 e. The molecular weight excluding hydrogens is 332 g/mol. The lowest BCUT2D eigenvalue weighted by atomic mass is 10.1. The molecule has 2 heterocycles. The summed E-state index contributed by atoms with van der Waals surface area (Å²) in [6.45, 7) is 0. The third-order valence-corrected chi connectivity index (χ3v) is 4.36. The van der Waals surface area contributed by atoms with Crippen molar-refractivity contribution in [1.29, 1.82) is 0 Å². The first kappa shape index (κ1) is 15.5. The first-order chi connectivity index (χ1) is 11.1. The van der Waals surface area contributed by atoms with Crippen molar-refractivity contribution in [3.63, 3.8) is 0 Å². The molecule has 0 bridgehead atoms. The van der Waals surface area contributed by atoms with Gasteiger partial charge in [-0.2, -0.15) is 5.01 Å². The number of rotatable bonds is 4. The summed E-state index contributed by atoms with van der Waals surface area (Å²) in [4.78, 5) is 24.8. The number of nitrogens with one attached hydrogen (secondary N) is 1. The smallest absolute Gasteiger partial charge is 0.285 e. The van der Waals surface area contributed by atoms with Crippen LogP contribution in [0.4, 0.5) is 0 Å². The van der Waals surface area contributed by atoms with Crippen LogP contribution in [-0.2, 0) is 16.0 Å². The maximum Gasteiger partial charge on any atom is 0.285 e. The minimum absolute atomic E-state index is 0.176. The van der Waals surface area contributed by atoms with Gasteiger partial charge in [-0.15, -0.1) is 0 Å². The molecule has 7 heteroatoms. The number of hydrazine groups is 1. The zero-order valence-electron chi connectivity index (χ0n) is 11.9. The number of nitrogens with zero attached hydrogens (tertiary/aromatic N) is 1. The Morgan fingerprint density at radius 3 is 2.74 bits per heavy atom. The van der Waals surface area contributed by atoms with Crippen LogP contribution >= 0.6 is 24.0 Å². The molecule has 1 aromatic carbocycles. The maximum atomic E-state index is 12.3. The summed E-state index contributed by atoms with van der Waals surface area (Å²) < 4.78 is 5.47. The van der Waals surface area contributed by atoms with Crippen molar-refractivity contribution in [3.05, 3.63) is 65.0 Å². The quantitative estimate of drug-likeness (QED) is 0.683. The third kappa shape index (κ3) is 3.69. The molecule has 0 atom stereocenters. The monoisotopic (exact) mass is 344 g/mol. The highest BCUT2D eigenvalue weighted by Gasteiger charge is 2.33. The Morgan fingerprint density at radius 1 is 1.26 bits per heavy atom. The number of furan rings is 1. The van der Waals surface area contributed by atoms with Crippen molar-refractivity contribution in [1.82, 2.24) is 10.4 Å². The highest BCUT2D eigenvalue weighted by atomic mass is 32.2. The molecule has 1 saturated heterocycles. The van der Waals surface area contributed by atoms with Gasteiger partial charge < -0.3 is 4.42 Å². The Balaban J connectivity index is 1.67. The molecule has 0 aliphatic carbocycles. The molecular formula is C16H12N2O3S2. The number of thioether (sulfide) groups is 1. The van der Waals surface area contributed by atoms with Gasteiger partial charge in [-0.1, -0.05) is 42.1 Å². The molecule has 1 aliphatic heterocycles. The second kappa shape index (κ2) is 6.80. The molecule has 3 rings (SSSR count). The van der Waals surface area contributed by atoms with Crippen LogP contribution in [0.1, 0.15) is 11.3 Å². The second-order valence-corrected chi connectivity index (χ2v) is 6.41. The lowest BCUT2D eigenvalue weighted by molar-refractivity contribution is -0.132. The van der Waals surface area contributed by atoms with E-state index in [1.807, 2.05) is 30.3 Å². The summed E-state index contributed by atoms with van der Waals surface area (Å²) >= 11 is 6.28. The van der Waals surface area contributed by atoms with Gasteiger partial charge in [0.25, 0.3) is 5.91 Å². The van der Waals surface area contributed by atoms with Crippen LogP contribution in [0.5, 0.6) is 0 Å². The Bertz CT molecular complexity index is 770. The molecule has 5 nitrogen and oxygen atoms in total. The van der Waals surface area contributed by atoms with Gasteiger partial charge in [-0.25, -0.2) is 0 Å². The van der Waals surface area contributed by atoms with E-state index in [1.165, 1.54) is 6.26 Å². The standard InChI is InChI=1S/C16H12N2O3S2/c19-14(9-11-5-2-1-3-6-11)17-18-15(20)13(23-16(18)22)10-12-7-4-8-21-12/h1-8,10H,9H2,(H,17,19). The Hall–Kier alpha value is -2.38. The van der Waals surface area contributed by atoms with Crippen LogP contribution in [0.2, 0.25) is 0 Å². The Labute approximate surface area is 142 Å². The van der Waals surface area contributed by atoms with Gasteiger partial charge >= 0.3 is 0 Å². The number of hydrogen-bond acceptors (Lipinski definition) is 5. The van der Waals surface area contributed by atoms with Crippen molar-refractivity contribution in [3.8, 4) is 0 Å². The first-order valence-electron chi connectivity index (χ1n) is 6.78. The molecule has 0 spiro atoms. The average molecular weight is 344 g/mol. The van der Waals surface area contributed by atoms with Gasteiger partial charge in [0.1, 0.15) is 5.76 Å². The van der Waals surface area contributed by atoms with E-state index in [-0.39, 0.29) is 22.6 Å². The predicted molar refractivity (Wildman–Crippen MR) is 92.0 cm³/mol. The summed E-state index contributed by atoms with van der Waals surface area (Å²) in [6.07, 6.45) is 3.30. The van der Waals surface area contributed by atoms with Crippen LogP contribution in [0, 0.1) is 0 Å². The van der Waals surface area contributed by atoms with E-state index in [4.69, 9.17) is 16.6 Å². The van der Waals surface area contributed by atoms with Crippen molar-refractivity contribution in [2.24, 2.45) is 0 Å². The van der Waals surface area contributed by atoms with Gasteiger partial charge in [-0.05, 0) is 29.9 Å². The zero-order chi connectivity index (χ0) is 16.2. The van der Waals surface area contributed by atoms with Crippen LogP contribution in [-0.4, -0.2) is 21.1 Å². The molecule has 1 fully saturated rings. The van der Waals surface area contributed by atoms with E-state index in [1.54, 1.807) is 18.2 Å². The van der Waals surface area contributed by atoms with Crippen molar-refractivity contribution in [2.75, 3.05) is 0 Å². The summed E-state index contributed by atoms with van der Waals surface area (Å²) in [5.41, 5.74) is 3.41. The van der Waals surface area contributed by atoms with E-state index >= 15 is 0 Å². The molecule has 0 saturated carbocycles. The molecule has 23 heavy (non-hydrogen) atoms. The Morgan fingerprint density at radius 2 is 2.04 bits per heavy atom. The van der Waals surface area contributed by atoms with Gasteiger partial charge in [0.2, 0.25) is 5.91 Å². The van der Waals surface area contributed by atoms with E-state index in [0.717, 1.165) is 22.3 Å². The molecule has 116 valence electrons. The van der Waals surface area contributed by atoms with E-state index in [2.05, 4.69) is 5.43 Å². The zero-order valence-corrected chi connectivity index (χ0v) is 13.5. The normalized spacial score (nSPS) is 16.2. The molecule has 2 amide bonds. The minimum Gasteiger partial charge on any atom is -0.465 e. The SMILES string of the molecule is O=C(Cc1ccccc1)NN1C(=O)C(=Cc2ccco2)SC1=S. The molecule has 0 unspecified atom stereocenters. The van der Waals surface area contributed by atoms with Gasteiger partial charge in [0.15, 0.2) is 4.32 Å². The van der Waals surface area contributed by atoms with Crippen LogP contribution in [0.15, 0.2) is 58.1 Å². The predicted octanol–water partition coefficient (Wildman–Crippen LogP) is 2.75. The fraction of sp³-hybridized carbons (Fsp3) is 0.0625. The summed E-state index contributed by atoms with van der Waals surface area (Å²) in [6, 6.07) is 12.8. The number of hydrogen-bond donors (Lipinski definition) is 1. The Kier molecular flexibility index (Phi) is 4.59. The maximum absolute atomic E-state index is 12.3. The van der Waals surface area contributed by atoms with Crippen LogP contribution in [0.3, 0.4) is 0 Å². The van der Waals surface area contributed by atoms with Gasteiger partial charge in [0, 0.05) is 6.08 Å². The first-order valence-corrected chi connectivity index (χ1v) is 8.01.